The van der Waals surface area contributed by atoms with Gasteiger partial charge in [0.2, 0.25) is 0 Å². The Bertz CT molecular complexity index is 475. The van der Waals surface area contributed by atoms with Gasteiger partial charge in [-0.1, -0.05) is 0 Å². The number of ether oxygens (including phenoxy) is 1. The molecule has 1 aliphatic rings. The van der Waals surface area contributed by atoms with Gasteiger partial charge in [0.05, 0.1) is 17.6 Å². The van der Waals surface area contributed by atoms with E-state index in [0.29, 0.717) is 32.0 Å². The van der Waals surface area contributed by atoms with Crippen LogP contribution in [0, 0.1) is 5.92 Å². The number of carbonyl (C=O) groups is 2. The molecular weight excluding hydrogens is 248 g/mol. The van der Waals surface area contributed by atoms with E-state index in [2.05, 4.69) is 0 Å². The van der Waals surface area contributed by atoms with Gasteiger partial charge in [0.25, 0.3) is 0 Å². The Kier molecular flexibility index (Phi) is 4.16. The van der Waals surface area contributed by atoms with Crippen LogP contribution < -0.4 is 4.74 Å². The van der Waals surface area contributed by atoms with Crippen molar-refractivity contribution in [3.05, 3.63) is 23.8 Å². The van der Waals surface area contributed by atoms with Crippen LogP contribution in [0.3, 0.4) is 0 Å². The molecule has 1 saturated carbocycles. The minimum atomic E-state index is -0.352. The minimum absolute atomic E-state index is 0.0874. The summed E-state index contributed by atoms with van der Waals surface area (Å²) in [5.41, 5.74) is 0.0874. The highest BCUT2D eigenvalue weighted by molar-refractivity contribution is 5.81. The normalized spacial score (nSPS) is 22.8. The number of benzene rings is 1. The maximum absolute atomic E-state index is 11.9. The number of aliphatic hydroxyl groups is 1. The molecular formula is C14H16O5. The number of aliphatic hydroxyl groups excluding tert-OH is 1. The summed E-state index contributed by atoms with van der Waals surface area (Å²) in [6.45, 7) is 0. The molecule has 0 aliphatic heterocycles. The number of hydrogen-bond donors (Lipinski definition) is 2. The Morgan fingerprint density at radius 2 is 1.95 bits per heavy atom. The first kappa shape index (κ1) is 13.5. The lowest BCUT2D eigenvalue weighted by Crippen LogP contribution is -2.27. The summed E-state index contributed by atoms with van der Waals surface area (Å²) in [5.74, 6) is -0.460. The van der Waals surface area contributed by atoms with Crippen LogP contribution in [-0.4, -0.2) is 28.6 Å². The maximum Gasteiger partial charge on any atom is 0.314 e. The van der Waals surface area contributed by atoms with E-state index in [-0.39, 0.29) is 35.1 Å². The van der Waals surface area contributed by atoms with E-state index in [0.717, 1.165) is 0 Å². The van der Waals surface area contributed by atoms with Crippen LogP contribution in [0.25, 0.3) is 0 Å². The first-order valence-electron chi connectivity index (χ1n) is 6.28. The molecule has 0 radical (unpaired) electrons. The van der Waals surface area contributed by atoms with Crippen molar-refractivity contribution in [3.8, 4) is 11.5 Å². The second kappa shape index (κ2) is 5.84. The van der Waals surface area contributed by atoms with Crippen LogP contribution in [0.1, 0.15) is 36.0 Å². The van der Waals surface area contributed by atoms with E-state index in [1.165, 1.54) is 18.2 Å². The Hall–Kier alpha value is -1.88. The van der Waals surface area contributed by atoms with Crippen molar-refractivity contribution >= 4 is 12.3 Å². The molecule has 5 heteroatoms. The van der Waals surface area contributed by atoms with Crippen LogP contribution in [0.2, 0.25) is 0 Å². The van der Waals surface area contributed by atoms with E-state index in [4.69, 9.17) is 4.74 Å². The van der Waals surface area contributed by atoms with Crippen molar-refractivity contribution in [2.75, 3.05) is 0 Å². The molecule has 0 atom stereocenters. The topological polar surface area (TPSA) is 83.8 Å². The Morgan fingerprint density at radius 3 is 2.58 bits per heavy atom. The van der Waals surface area contributed by atoms with Crippen LogP contribution in [0.5, 0.6) is 11.5 Å². The molecule has 19 heavy (non-hydrogen) atoms. The summed E-state index contributed by atoms with van der Waals surface area (Å²) in [6, 6.07) is 4.09. The molecule has 1 fully saturated rings. The van der Waals surface area contributed by atoms with E-state index in [9.17, 15) is 19.8 Å². The molecule has 2 N–H and O–H groups in total. The molecule has 1 aromatic carbocycles. The molecule has 2 rings (SSSR count). The SMILES string of the molecule is O=Cc1cc(OC(=O)C2CCC(O)CC2)ccc1O. The van der Waals surface area contributed by atoms with Crippen molar-refractivity contribution < 1.29 is 24.5 Å². The van der Waals surface area contributed by atoms with E-state index in [1.54, 1.807) is 0 Å². The molecule has 5 nitrogen and oxygen atoms in total. The van der Waals surface area contributed by atoms with Crippen LogP contribution >= 0.6 is 0 Å². The second-order valence-electron chi connectivity index (χ2n) is 4.77. The fourth-order valence-corrected chi connectivity index (χ4v) is 2.20. The van der Waals surface area contributed by atoms with Crippen LogP contribution in [-0.2, 0) is 4.79 Å². The van der Waals surface area contributed by atoms with Gasteiger partial charge in [-0.05, 0) is 43.9 Å². The van der Waals surface area contributed by atoms with Gasteiger partial charge in [-0.25, -0.2) is 0 Å². The number of esters is 1. The summed E-state index contributed by atoms with van der Waals surface area (Å²) in [7, 11) is 0. The van der Waals surface area contributed by atoms with Gasteiger partial charge >= 0.3 is 5.97 Å². The zero-order chi connectivity index (χ0) is 13.8. The molecule has 0 amide bonds. The molecule has 0 spiro atoms. The number of phenols is 1. The van der Waals surface area contributed by atoms with E-state index >= 15 is 0 Å². The third kappa shape index (κ3) is 3.32. The molecule has 1 aliphatic carbocycles. The first-order valence-corrected chi connectivity index (χ1v) is 6.28. The lowest BCUT2D eigenvalue weighted by atomic mass is 9.87. The summed E-state index contributed by atoms with van der Waals surface area (Å²) in [4.78, 5) is 22.6. The van der Waals surface area contributed by atoms with Gasteiger partial charge in [0, 0.05) is 0 Å². The summed E-state index contributed by atoms with van der Waals surface area (Å²) >= 11 is 0. The van der Waals surface area contributed by atoms with Crippen molar-refractivity contribution in [1.29, 1.82) is 0 Å². The molecule has 0 aromatic heterocycles. The third-order valence-corrected chi connectivity index (χ3v) is 3.37. The highest BCUT2D eigenvalue weighted by atomic mass is 16.5. The number of carbonyl (C=O) groups excluding carboxylic acids is 2. The lowest BCUT2D eigenvalue weighted by Gasteiger charge is -2.23. The highest BCUT2D eigenvalue weighted by Crippen LogP contribution is 2.27. The zero-order valence-corrected chi connectivity index (χ0v) is 10.4. The first-order chi connectivity index (χ1) is 9.10. The Labute approximate surface area is 110 Å². The minimum Gasteiger partial charge on any atom is -0.507 e. The molecule has 0 heterocycles. The van der Waals surface area contributed by atoms with Gasteiger partial charge in [-0.2, -0.15) is 0 Å². The number of hydrogen-bond acceptors (Lipinski definition) is 5. The predicted molar refractivity (Wildman–Crippen MR) is 67.1 cm³/mol. The lowest BCUT2D eigenvalue weighted by molar-refractivity contribution is -0.140. The second-order valence-corrected chi connectivity index (χ2v) is 4.77. The summed E-state index contributed by atoms with van der Waals surface area (Å²) in [6.07, 6.45) is 2.62. The fraction of sp³-hybridized carbons (Fsp3) is 0.429. The van der Waals surface area contributed by atoms with Crippen molar-refractivity contribution in [2.45, 2.75) is 31.8 Å². The maximum atomic E-state index is 11.9. The number of aldehydes is 1. The number of rotatable bonds is 3. The number of aromatic hydroxyl groups is 1. The van der Waals surface area contributed by atoms with Crippen molar-refractivity contribution in [3.63, 3.8) is 0 Å². The highest BCUT2D eigenvalue weighted by Gasteiger charge is 2.26. The third-order valence-electron chi connectivity index (χ3n) is 3.37. The molecule has 102 valence electrons. The van der Waals surface area contributed by atoms with Crippen molar-refractivity contribution in [2.24, 2.45) is 5.92 Å². The fourth-order valence-electron chi connectivity index (χ4n) is 2.20. The van der Waals surface area contributed by atoms with Gasteiger partial charge in [0.15, 0.2) is 6.29 Å². The monoisotopic (exact) mass is 264 g/mol. The van der Waals surface area contributed by atoms with Crippen molar-refractivity contribution in [1.82, 2.24) is 0 Å². The number of phenolic OH excluding ortho intramolecular Hbond substituents is 1. The van der Waals surface area contributed by atoms with E-state index in [1.807, 2.05) is 0 Å². The largest absolute Gasteiger partial charge is 0.507 e. The van der Waals surface area contributed by atoms with Gasteiger partial charge in [-0.3, -0.25) is 9.59 Å². The summed E-state index contributed by atoms with van der Waals surface area (Å²) < 4.78 is 5.20. The average Bonchev–Trinajstić information content (AvgIpc) is 2.41. The molecule has 0 unspecified atom stereocenters. The van der Waals surface area contributed by atoms with Gasteiger partial charge in [-0.15, -0.1) is 0 Å². The average molecular weight is 264 g/mol. The molecule has 1 aromatic rings. The predicted octanol–water partition coefficient (Wildman–Crippen LogP) is 1.66. The van der Waals surface area contributed by atoms with Gasteiger partial charge in [0.1, 0.15) is 11.5 Å². The Balaban J connectivity index is 2.00. The Morgan fingerprint density at radius 1 is 1.26 bits per heavy atom. The zero-order valence-electron chi connectivity index (χ0n) is 10.4. The smallest absolute Gasteiger partial charge is 0.314 e. The quantitative estimate of drug-likeness (QED) is 0.493. The molecule has 0 saturated heterocycles. The van der Waals surface area contributed by atoms with Gasteiger partial charge < -0.3 is 14.9 Å². The molecule has 0 bridgehead atoms. The van der Waals surface area contributed by atoms with Crippen LogP contribution in [0.15, 0.2) is 18.2 Å². The standard InChI is InChI=1S/C14H16O5/c15-8-10-7-12(5-6-13(10)17)19-14(18)9-1-3-11(16)4-2-9/h5-9,11,16-17H,1-4H2. The van der Waals surface area contributed by atoms with E-state index < -0.39 is 0 Å². The summed E-state index contributed by atoms with van der Waals surface area (Å²) in [5, 5.41) is 18.7. The van der Waals surface area contributed by atoms with Crippen LogP contribution in [0.4, 0.5) is 0 Å².